The van der Waals surface area contributed by atoms with Crippen molar-refractivity contribution < 1.29 is 19.1 Å². The summed E-state index contributed by atoms with van der Waals surface area (Å²) in [7, 11) is 0. The molecule has 98 valence electrons. The smallest absolute Gasteiger partial charge is 0.410 e. The topological polar surface area (TPSA) is 81.3 Å². The molecule has 1 aliphatic rings. The molecule has 0 radical (unpaired) electrons. The molecule has 0 atom stereocenters. The van der Waals surface area contributed by atoms with Gasteiger partial charge in [-0.25, -0.2) is 9.78 Å². The number of carbonyl (C=O) groups is 1. The highest BCUT2D eigenvalue weighted by Gasteiger charge is 2.35. The number of amides is 1. The second-order valence-corrected chi connectivity index (χ2v) is 4.60. The Morgan fingerprint density at radius 3 is 2.94 bits per heavy atom. The standard InChI is InChI=1S/C12H18N4O2/c1-12(2,3)18-11(17)16-6-8(7-16)9-4-14-5-10(13)15-9/h4-5,8H,6-7H2,1-3H3,(H2,13,15)/i4D,5D,6D2,7D2,8D. The Kier molecular flexibility index (Phi) is 1.57. The maximum atomic E-state index is 12.2. The molecule has 2 heterocycles. The molecule has 1 aromatic rings. The lowest BCUT2D eigenvalue weighted by atomic mass is 9.97. The summed E-state index contributed by atoms with van der Waals surface area (Å²) >= 11 is 0. The number of hydrogen-bond acceptors (Lipinski definition) is 5. The Balaban J connectivity index is 2.54. The van der Waals surface area contributed by atoms with E-state index < -0.39 is 54.4 Å². The molecule has 1 aliphatic heterocycles. The largest absolute Gasteiger partial charge is 0.444 e. The predicted molar refractivity (Wildman–Crippen MR) is 67.0 cm³/mol. The van der Waals surface area contributed by atoms with Crippen molar-refractivity contribution in [3.63, 3.8) is 0 Å². The molecule has 1 saturated heterocycles. The molecule has 1 amide bonds. The summed E-state index contributed by atoms with van der Waals surface area (Å²) in [5.74, 6) is -3.25. The minimum absolute atomic E-state index is 0.157. The minimum atomic E-state index is -2.89. The number of nitrogens with two attached hydrogens (primary N) is 1. The third kappa shape index (κ3) is 2.88. The van der Waals surface area contributed by atoms with Gasteiger partial charge in [-0.05, 0) is 20.8 Å². The molecule has 0 aromatic carbocycles. The summed E-state index contributed by atoms with van der Waals surface area (Å²) < 4.78 is 60.7. The van der Waals surface area contributed by atoms with Gasteiger partial charge >= 0.3 is 6.09 Å². The minimum Gasteiger partial charge on any atom is -0.444 e. The third-order valence-corrected chi connectivity index (χ3v) is 1.82. The average Bonchev–Trinajstić information content (AvgIpc) is 2.38. The van der Waals surface area contributed by atoms with E-state index in [1.54, 1.807) is 0 Å². The van der Waals surface area contributed by atoms with E-state index in [2.05, 4.69) is 9.97 Å². The third-order valence-electron chi connectivity index (χ3n) is 1.82. The molecule has 1 fully saturated rings. The van der Waals surface area contributed by atoms with Gasteiger partial charge in [-0.3, -0.25) is 4.98 Å². The van der Waals surface area contributed by atoms with Gasteiger partial charge in [0.15, 0.2) is 0 Å². The normalized spacial score (nSPS) is 29.3. The highest BCUT2D eigenvalue weighted by molar-refractivity contribution is 5.69. The fourth-order valence-electron chi connectivity index (χ4n) is 1.15. The van der Waals surface area contributed by atoms with E-state index in [0.717, 1.165) is 0 Å². The van der Waals surface area contributed by atoms with Gasteiger partial charge in [0.05, 0.1) is 20.1 Å². The van der Waals surface area contributed by atoms with Crippen LogP contribution in [0.4, 0.5) is 10.6 Å². The van der Waals surface area contributed by atoms with Crippen molar-refractivity contribution in [1.82, 2.24) is 14.9 Å². The number of hydrogen-bond donors (Lipinski definition) is 1. The molecular formula is C12H18N4O2. The first-order valence-corrected chi connectivity index (χ1v) is 5.22. The van der Waals surface area contributed by atoms with Gasteiger partial charge in [0.1, 0.15) is 11.4 Å². The second kappa shape index (κ2) is 4.44. The highest BCUT2D eigenvalue weighted by atomic mass is 16.6. The van der Waals surface area contributed by atoms with Crippen LogP contribution in [-0.2, 0) is 4.74 Å². The number of likely N-dealkylation sites (tertiary alicyclic amines) is 1. The Bertz CT molecular complexity index is 719. The van der Waals surface area contributed by atoms with Gasteiger partial charge in [0, 0.05) is 26.4 Å². The van der Waals surface area contributed by atoms with Crippen LogP contribution in [0.3, 0.4) is 0 Å². The first-order valence-electron chi connectivity index (χ1n) is 8.72. The number of rotatable bonds is 1. The number of nitrogens with zero attached hydrogens (tertiary/aromatic N) is 3. The molecule has 1 aromatic heterocycles. The van der Waals surface area contributed by atoms with Crippen molar-refractivity contribution in [2.75, 3.05) is 18.7 Å². The van der Waals surface area contributed by atoms with E-state index in [1.165, 1.54) is 20.8 Å². The predicted octanol–water partition coefficient (Wildman–Crippen LogP) is 1.39. The Hall–Kier alpha value is -1.85. The van der Waals surface area contributed by atoms with Crippen molar-refractivity contribution >= 4 is 11.9 Å². The molecule has 2 N–H and O–H groups in total. The Morgan fingerprint density at radius 2 is 2.33 bits per heavy atom. The van der Waals surface area contributed by atoms with Crippen LogP contribution in [0.2, 0.25) is 0 Å². The number of aromatic nitrogens is 2. The maximum absolute atomic E-state index is 12.2. The van der Waals surface area contributed by atoms with Gasteiger partial charge in [-0.15, -0.1) is 0 Å². The zero-order chi connectivity index (χ0) is 19.6. The van der Waals surface area contributed by atoms with E-state index in [0.29, 0.717) is 0 Å². The van der Waals surface area contributed by atoms with Gasteiger partial charge in [0.25, 0.3) is 0 Å². The van der Waals surface area contributed by atoms with Crippen LogP contribution in [0.25, 0.3) is 0 Å². The van der Waals surface area contributed by atoms with Gasteiger partial charge < -0.3 is 15.4 Å². The van der Waals surface area contributed by atoms with E-state index in [9.17, 15) is 4.79 Å². The molecule has 0 spiro atoms. The van der Waals surface area contributed by atoms with E-state index >= 15 is 0 Å². The van der Waals surface area contributed by atoms with Crippen molar-refractivity contribution in [3.8, 4) is 0 Å². The van der Waals surface area contributed by atoms with Crippen LogP contribution >= 0.6 is 0 Å². The Labute approximate surface area is 116 Å². The molecule has 2 rings (SSSR count). The van der Waals surface area contributed by atoms with Crippen LogP contribution in [-0.4, -0.2) is 39.6 Å². The summed E-state index contributed by atoms with van der Waals surface area (Å²) in [5, 5.41) is 0. The summed E-state index contributed by atoms with van der Waals surface area (Å²) in [5.41, 5.74) is 3.74. The van der Waals surface area contributed by atoms with Crippen LogP contribution in [0, 0.1) is 0 Å². The number of nitrogen functional groups attached to an aromatic ring is 1. The number of anilines is 1. The maximum Gasteiger partial charge on any atom is 0.410 e. The fourth-order valence-corrected chi connectivity index (χ4v) is 1.15. The zero-order valence-electron chi connectivity index (χ0n) is 17.2. The van der Waals surface area contributed by atoms with Crippen LogP contribution in [0.5, 0.6) is 0 Å². The Morgan fingerprint density at radius 1 is 1.67 bits per heavy atom. The van der Waals surface area contributed by atoms with Gasteiger partial charge in [-0.2, -0.15) is 0 Å². The molecule has 18 heavy (non-hydrogen) atoms. The first-order chi connectivity index (χ1) is 11.1. The van der Waals surface area contributed by atoms with Crippen molar-refractivity contribution in [2.24, 2.45) is 0 Å². The summed E-state index contributed by atoms with van der Waals surface area (Å²) in [6.45, 7) is -1.18. The SMILES string of the molecule is [2H]c1nc([2H])c(C2([2H])C([2H])([2H])N(C(=O)OC(C)(C)C)C2([2H])[2H])nc1N. The van der Waals surface area contributed by atoms with Crippen molar-refractivity contribution in [1.29, 1.82) is 0 Å². The van der Waals surface area contributed by atoms with Crippen molar-refractivity contribution in [3.05, 3.63) is 18.0 Å². The molecule has 0 aliphatic carbocycles. The second-order valence-electron chi connectivity index (χ2n) is 4.60. The van der Waals surface area contributed by atoms with Gasteiger partial charge in [-0.1, -0.05) is 0 Å². The van der Waals surface area contributed by atoms with E-state index in [-0.39, 0.29) is 4.90 Å². The van der Waals surface area contributed by atoms with Crippen molar-refractivity contribution in [2.45, 2.75) is 32.3 Å². The molecular weight excluding hydrogens is 232 g/mol. The molecule has 6 nitrogen and oxygen atoms in total. The van der Waals surface area contributed by atoms with Gasteiger partial charge in [0.2, 0.25) is 0 Å². The summed E-state index contributed by atoms with van der Waals surface area (Å²) in [4.78, 5) is 19.4. The molecule has 0 saturated carbocycles. The lowest BCUT2D eigenvalue weighted by Gasteiger charge is -2.39. The first kappa shape index (κ1) is 6.36. The highest BCUT2D eigenvalue weighted by Crippen LogP contribution is 2.27. The monoisotopic (exact) mass is 257 g/mol. The molecule has 0 unspecified atom stereocenters. The average molecular weight is 257 g/mol. The van der Waals surface area contributed by atoms with E-state index in [1.807, 2.05) is 0 Å². The summed E-state index contributed by atoms with van der Waals surface area (Å²) in [6, 6.07) is 0. The number of carbonyl (C=O) groups excluding carboxylic acids is 1. The van der Waals surface area contributed by atoms with Crippen LogP contribution in [0.15, 0.2) is 12.3 Å². The number of ether oxygens (including phenoxy) is 1. The lowest BCUT2D eigenvalue weighted by molar-refractivity contribution is 0.00786. The van der Waals surface area contributed by atoms with E-state index in [4.69, 9.17) is 20.1 Å². The fraction of sp³-hybridized carbons (Fsp3) is 0.583. The quantitative estimate of drug-likeness (QED) is 0.822. The zero-order valence-corrected chi connectivity index (χ0v) is 10.2. The van der Waals surface area contributed by atoms with Crippen LogP contribution < -0.4 is 5.73 Å². The lowest BCUT2D eigenvalue weighted by Crippen LogP contribution is -2.50. The molecule has 6 heteroatoms. The summed E-state index contributed by atoms with van der Waals surface area (Å²) in [6.07, 6.45) is -2.58. The molecule has 0 bridgehead atoms. The van der Waals surface area contributed by atoms with Crippen LogP contribution in [0.1, 0.15) is 42.0 Å².